The first-order chi connectivity index (χ1) is 8.74. The molecule has 2 rings (SSSR count). The van der Waals surface area contributed by atoms with Crippen LogP contribution in [-0.4, -0.2) is 12.6 Å². The van der Waals surface area contributed by atoms with Gasteiger partial charge in [0.25, 0.3) is 0 Å². The van der Waals surface area contributed by atoms with Crippen molar-refractivity contribution in [3.63, 3.8) is 0 Å². The molecule has 0 aromatic carbocycles. The van der Waals surface area contributed by atoms with Gasteiger partial charge in [-0.1, -0.05) is 30.9 Å². The molecular weight excluding hydrogens is 224 g/mol. The molecule has 18 heavy (non-hydrogen) atoms. The van der Waals surface area contributed by atoms with E-state index in [1.165, 1.54) is 63.4 Å². The smallest absolute Gasteiger partial charge is 0.309 e. The van der Waals surface area contributed by atoms with Crippen LogP contribution in [0.3, 0.4) is 0 Å². The Morgan fingerprint density at radius 2 is 1.83 bits per heavy atom. The molecular formula is C16H26O2. The molecule has 0 aromatic rings. The molecule has 0 bridgehead atoms. The lowest BCUT2D eigenvalue weighted by molar-refractivity contribution is -0.142. The zero-order valence-corrected chi connectivity index (χ0v) is 11.7. The standard InChI is InChI=1S/C16H26O2/c1-2-18-15(17)7-6-14-8-12-16(13-9-14)10-4-3-5-11-16/h6H,2-5,7-13H2,1H3. The van der Waals surface area contributed by atoms with Crippen LogP contribution in [0.1, 0.15) is 71.1 Å². The van der Waals surface area contributed by atoms with Crippen LogP contribution in [0.25, 0.3) is 0 Å². The van der Waals surface area contributed by atoms with Crippen molar-refractivity contribution in [1.82, 2.24) is 0 Å². The lowest BCUT2D eigenvalue weighted by Crippen LogP contribution is -2.27. The Balaban J connectivity index is 1.78. The van der Waals surface area contributed by atoms with Crippen molar-refractivity contribution in [2.75, 3.05) is 6.61 Å². The van der Waals surface area contributed by atoms with Crippen LogP contribution in [0.4, 0.5) is 0 Å². The molecule has 0 N–H and O–H groups in total. The van der Waals surface area contributed by atoms with Crippen LogP contribution in [0.15, 0.2) is 11.6 Å². The first-order valence-electron chi connectivity index (χ1n) is 7.58. The minimum Gasteiger partial charge on any atom is -0.466 e. The van der Waals surface area contributed by atoms with E-state index in [9.17, 15) is 4.79 Å². The van der Waals surface area contributed by atoms with E-state index in [2.05, 4.69) is 6.08 Å². The Morgan fingerprint density at radius 3 is 2.44 bits per heavy atom. The van der Waals surface area contributed by atoms with Gasteiger partial charge in [-0.25, -0.2) is 0 Å². The van der Waals surface area contributed by atoms with Crippen LogP contribution >= 0.6 is 0 Å². The van der Waals surface area contributed by atoms with Gasteiger partial charge in [0.05, 0.1) is 13.0 Å². The fraction of sp³-hybridized carbons (Fsp3) is 0.812. The molecule has 0 aliphatic heterocycles. The third-order valence-corrected chi connectivity index (χ3v) is 4.73. The monoisotopic (exact) mass is 250 g/mol. The van der Waals surface area contributed by atoms with Crippen molar-refractivity contribution in [3.05, 3.63) is 11.6 Å². The fourth-order valence-electron chi connectivity index (χ4n) is 3.55. The molecule has 0 heterocycles. The van der Waals surface area contributed by atoms with E-state index in [0.29, 0.717) is 18.4 Å². The summed E-state index contributed by atoms with van der Waals surface area (Å²) in [6.45, 7) is 2.35. The third-order valence-electron chi connectivity index (χ3n) is 4.73. The number of carbonyl (C=O) groups excluding carboxylic acids is 1. The van der Waals surface area contributed by atoms with Crippen molar-refractivity contribution in [1.29, 1.82) is 0 Å². The number of allylic oxidation sites excluding steroid dienone is 1. The highest BCUT2D eigenvalue weighted by Crippen LogP contribution is 2.48. The molecule has 0 radical (unpaired) electrons. The number of hydrogen-bond acceptors (Lipinski definition) is 2. The average molecular weight is 250 g/mol. The maximum absolute atomic E-state index is 11.3. The second kappa shape index (κ2) is 6.40. The summed E-state index contributed by atoms with van der Waals surface area (Å²) >= 11 is 0. The largest absolute Gasteiger partial charge is 0.466 e. The van der Waals surface area contributed by atoms with Crippen LogP contribution < -0.4 is 0 Å². The molecule has 0 amide bonds. The van der Waals surface area contributed by atoms with Crippen molar-refractivity contribution in [3.8, 4) is 0 Å². The molecule has 102 valence electrons. The van der Waals surface area contributed by atoms with Crippen LogP contribution in [0.5, 0.6) is 0 Å². The molecule has 0 saturated heterocycles. The number of esters is 1. The van der Waals surface area contributed by atoms with Gasteiger partial charge in [0.15, 0.2) is 0 Å². The zero-order chi connectivity index (χ0) is 12.8. The maximum atomic E-state index is 11.3. The van der Waals surface area contributed by atoms with Gasteiger partial charge in [0.2, 0.25) is 0 Å². The molecule has 0 atom stereocenters. The summed E-state index contributed by atoms with van der Waals surface area (Å²) in [6.07, 6.45) is 14.9. The van der Waals surface area contributed by atoms with Crippen molar-refractivity contribution in [2.45, 2.75) is 71.1 Å². The SMILES string of the molecule is CCOC(=O)CC=C1CCC2(CCCCC2)CC1. The molecule has 2 saturated carbocycles. The maximum Gasteiger partial charge on any atom is 0.309 e. The van der Waals surface area contributed by atoms with E-state index in [0.717, 1.165) is 0 Å². The normalized spacial score (nSPS) is 22.8. The third kappa shape index (κ3) is 3.60. The van der Waals surface area contributed by atoms with E-state index in [4.69, 9.17) is 4.74 Å². The zero-order valence-electron chi connectivity index (χ0n) is 11.7. The second-order valence-corrected chi connectivity index (χ2v) is 5.93. The molecule has 2 aliphatic rings. The Bertz CT molecular complexity index is 299. The molecule has 2 aliphatic carbocycles. The molecule has 2 fully saturated rings. The summed E-state index contributed by atoms with van der Waals surface area (Å²) in [5, 5.41) is 0. The molecule has 2 nitrogen and oxygen atoms in total. The van der Waals surface area contributed by atoms with Crippen LogP contribution in [0, 0.1) is 5.41 Å². The van der Waals surface area contributed by atoms with E-state index in [-0.39, 0.29) is 5.97 Å². The second-order valence-electron chi connectivity index (χ2n) is 5.93. The van der Waals surface area contributed by atoms with Crippen molar-refractivity contribution >= 4 is 5.97 Å². The summed E-state index contributed by atoms with van der Waals surface area (Å²) in [5.41, 5.74) is 2.15. The summed E-state index contributed by atoms with van der Waals surface area (Å²) in [5.74, 6) is -0.0806. The van der Waals surface area contributed by atoms with Gasteiger partial charge in [-0.05, 0) is 50.9 Å². The molecule has 0 aromatic heterocycles. The van der Waals surface area contributed by atoms with E-state index < -0.39 is 0 Å². The van der Waals surface area contributed by atoms with Gasteiger partial charge in [-0.3, -0.25) is 4.79 Å². The summed E-state index contributed by atoms with van der Waals surface area (Å²) in [7, 11) is 0. The van der Waals surface area contributed by atoms with Crippen LogP contribution in [0.2, 0.25) is 0 Å². The number of hydrogen-bond donors (Lipinski definition) is 0. The molecule has 2 heteroatoms. The number of carbonyl (C=O) groups is 1. The van der Waals surface area contributed by atoms with Gasteiger partial charge >= 0.3 is 5.97 Å². The van der Waals surface area contributed by atoms with Gasteiger partial charge in [0.1, 0.15) is 0 Å². The minimum absolute atomic E-state index is 0.0806. The molecule has 1 spiro atoms. The van der Waals surface area contributed by atoms with Crippen molar-refractivity contribution in [2.24, 2.45) is 5.41 Å². The quantitative estimate of drug-likeness (QED) is 0.548. The van der Waals surface area contributed by atoms with Gasteiger partial charge in [-0.2, -0.15) is 0 Å². The summed E-state index contributed by atoms with van der Waals surface area (Å²) < 4.78 is 4.96. The lowest BCUT2D eigenvalue weighted by atomic mass is 9.64. The topological polar surface area (TPSA) is 26.3 Å². The summed E-state index contributed by atoms with van der Waals surface area (Å²) in [6, 6.07) is 0. The van der Waals surface area contributed by atoms with Crippen LogP contribution in [-0.2, 0) is 9.53 Å². The summed E-state index contributed by atoms with van der Waals surface area (Å²) in [4.78, 5) is 11.3. The van der Waals surface area contributed by atoms with Gasteiger partial charge < -0.3 is 4.74 Å². The first-order valence-corrected chi connectivity index (χ1v) is 7.58. The van der Waals surface area contributed by atoms with E-state index in [1.54, 1.807) is 0 Å². The predicted octanol–water partition coefficient (Wildman–Crippen LogP) is 4.39. The fourth-order valence-corrected chi connectivity index (χ4v) is 3.55. The Hall–Kier alpha value is -0.790. The highest BCUT2D eigenvalue weighted by Gasteiger charge is 2.34. The Kier molecular flexibility index (Phi) is 4.85. The van der Waals surface area contributed by atoms with E-state index >= 15 is 0 Å². The van der Waals surface area contributed by atoms with Crippen molar-refractivity contribution < 1.29 is 9.53 Å². The number of ether oxygens (including phenoxy) is 1. The highest BCUT2D eigenvalue weighted by atomic mass is 16.5. The lowest BCUT2D eigenvalue weighted by Gasteiger charge is -2.41. The molecule has 0 unspecified atom stereocenters. The first kappa shape index (κ1) is 13.6. The average Bonchev–Trinajstić information content (AvgIpc) is 2.40. The Morgan fingerprint density at radius 1 is 1.17 bits per heavy atom. The van der Waals surface area contributed by atoms with Gasteiger partial charge in [-0.15, -0.1) is 0 Å². The number of rotatable bonds is 3. The van der Waals surface area contributed by atoms with E-state index in [1.807, 2.05) is 6.92 Å². The Labute approximate surface area is 111 Å². The van der Waals surface area contributed by atoms with Gasteiger partial charge in [0, 0.05) is 0 Å². The predicted molar refractivity (Wildman–Crippen MR) is 73.3 cm³/mol. The highest BCUT2D eigenvalue weighted by molar-refractivity contribution is 5.71. The minimum atomic E-state index is -0.0806.